The van der Waals surface area contributed by atoms with Crippen LogP contribution in [0.15, 0.2) is 30.3 Å². The van der Waals surface area contributed by atoms with Crippen LogP contribution in [0.5, 0.6) is 0 Å². The van der Waals surface area contributed by atoms with Crippen LogP contribution in [0.1, 0.15) is 5.56 Å². The second kappa shape index (κ2) is 7.85. The van der Waals surface area contributed by atoms with Crippen molar-refractivity contribution < 1.29 is 4.74 Å². The third-order valence-electron chi connectivity index (χ3n) is 3.45. The van der Waals surface area contributed by atoms with E-state index >= 15 is 0 Å². The molecule has 0 radical (unpaired) electrons. The highest BCUT2D eigenvalue weighted by molar-refractivity contribution is 6.18. The van der Waals surface area contributed by atoms with Crippen LogP contribution in [-0.2, 0) is 11.3 Å². The fraction of sp³-hybridized carbons (Fsp3) is 0.600. The first kappa shape index (κ1) is 14.8. The van der Waals surface area contributed by atoms with Gasteiger partial charge >= 0.3 is 0 Å². The number of halogens is 1. The molecule has 0 spiro atoms. The molecular formula is C15H23ClN2O. The van der Waals surface area contributed by atoms with Crippen LogP contribution in [0.4, 0.5) is 0 Å². The number of hydrogen-bond acceptors (Lipinski definition) is 3. The van der Waals surface area contributed by atoms with Gasteiger partial charge in [0.05, 0.1) is 12.7 Å². The van der Waals surface area contributed by atoms with Gasteiger partial charge in [-0.3, -0.25) is 4.90 Å². The number of benzene rings is 1. The van der Waals surface area contributed by atoms with Crippen LogP contribution in [0.25, 0.3) is 0 Å². The summed E-state index contributed by atoms with van der Waals surface area (Å²) in [5.74, 6) is 0.662. The Labute approximate surface area is 121 Å². The summed E-state index contributed by atoms with van der Waals surface area (Å²) < 4.78 is 5.84. The molecule has 2 rings (SSSR count). The molecular weight excluding hydrogens is 260 g/mol. The van der Waals surface area contributed by atoms with Gasteiger partial charge in [0, 0.05) is 38.6 Å². The fourth-order valence-corrected chi connectivity index (χ4v) is 2.70. The van der Waals surface area contributed by atoms with Crippen LogP contribution in [0.3, 0.4) is 0 Å². The Morgan fingerprint density at radius 2 is 2.16 bits per heavy atom. The molecule has 1 aliphatic rings. The van der Waals surface area contributed by atoms with Gasteiger partial charge < -0.3 is 9.64 Å². The maximum atomic E-state index is 5.92. The second-order valence-corrected chi connectivity index (χ2v) is 5.54. The molecule has 1 fully saturated rings. The molecule has 1 unspecified atom stereocenters. The molecule has 1 aromatic carbocycles. The summed E-state index contributed by atoms with van der Waals surface area (Å²) in [6, 6.07) is 10.5. The van der Waals surface area contributed by atoms with Gasteiger partial charge in [-0.2, -0.15) is 0 Å². The van der Waals surface area contributed by atoms with Gasteiger partial charge in [-0.25, -0.2) is 0 Å². The van der Waals surface area contributed by atoms with Crippen molar-refractivity contribution in [2.75, 3.05) is 45.7 Å². The molecule has 1 aliphatic heterocycles. The Balaban J connectivity index is 1.88. The van der Waals surface area contributed by atoms with E-state index in [-0.39, 0.29) is 0 Å². The van der Waals surface area contributed by atoms with Crippen LogP contribution in [0, 0.1) is 0 Å². The third kappa shape index (κ3) is 5.11. The van der Waals surface area contributed by atoms with E-state index in [9.17, 15) is 0 Å². The van der Waals surface area contributed by atoms with Crippen molar-refractivity contribution in [3.8, 4) is 0 Å². The molecule has 0 aromatic heterocycles. The molecule has 1 saturated heterocycles. The number of alkyl halides is 1. The lowest BCUT2D eigenvalue weighted by Gasteiger charge is -2.33. The molecule has 19 heavy (non-hydrogen) atoms. The average molecular weight is 283 g/mol. The maximum absolute atomic E-state index is 5.92. The lowest BCUT2D eigenvalue weighted by atomic mass is 10.2. The van der Waals surface area contributed by atoms with Crippen molar-refractivity contribution in [2.24, 2.45) is 0 Å². The number of likely N-dealkylation sites (N-methyl/N-ethyl adjacent to an activating group) is 1. The summed E-state index contributed by atoms with van der Waals surface area (Å²) in [5, 5.41) is 0. The van der Waals surface area contributed by atoms with E-state index in [2.05, 4.69) is 47.2 Å². The molecule has 4 heteroatoms. The molecule has 0 N–H and O–H groups in total. The summed E-state index contributed by atoms with van der Waals surface area (Å²) in [6.45, 7) is 5.67. The average Bonchev–Trinajstić information content (AvgIpc) is 2.40. The normalized spacial score (nSPS) is 20.9. The van der Waals surface area contributed by atoms with E-state index in [1.807, 2.05) is 0 Å². The maximum Gasteiger partial charge on any atom is 0.0829 e. The third-order valence-corrected chi connectivity index (χ3v) is 3.62. The topological polar surface area (TPSA) is 15.7 Å². The Hall–Kier alpha value is -0.610. The van der Waals surface area contributed by atoms with Gasteiger partial charge in [0.25, 0.3) is 0 Å². The smallest absolute Gasteiger partial charge is 0.0829 e. The zero-order chi connectivity index (χ0) is 13.5. The van der Waals surface area contributed by atoms with Gasteiger partial charge in [-0.05, 0) is 12.6 Å². The zero-order valence-electron chi connectivity index (χ0n) is 11.6. The van der Waals surface area contributed by atoms with Crippen LogP contribution in [-0.4, -0.2) is 61.6 Å². The molecule has 0 amide bonds. The molecule has 0 aliphatic carbocycles. The first-order chi connectivity index (χ1) is 9.28. The van der Waals surface area contributed by atoms with E-state index in [0.717, 1.165) is 39.3 Å². The van der Waals surface area contributed by atoms with Crippen molar-refractivity contribution >= 4 is 11.6 Å². The predicted molar refractivity (Wildman–Crippen MR) is 79.7 cm³/mol. The number of nitrogens with zero attached hydrogens (tertiary/aromatic N) is 2. The summed E-state index contributed by atoms with van der Waals surface area (Å²) in [7, 11) is 2.15. The van der Waals surface area contributed by atoms with E-state index in [1.54, 1.807) is 0 Å². The number of rotatable bonds is 6. The standard InChI is InChI=1S/C15H23ClN2O/c1-17-9-10-19-15(12-17)13-18(8-7-16)11-14-5-3-2-4-6-14/h2-6,15H,7-13H2,1H3. The Morgan fingerprint density at radius 1 is 1.37 bits per heavy atom. The summed E-state index contributed by atoms with van der Waals surface area (Å²) in [4.78, 5) is 4.71. The lowest BCUT2D eigenvalue weighted by Crippen LogP contribution is -2.46. The minimum Gasteiger partial charge on any atom is -0.374 e. The minimum atomic E-state index is 0.297. The highest BCUT2D eigenvalue weighted by atomic mass is 35.5. The predicted octanol–water partition coefficient (Wildman–Crippen LogP) is 2.06. The van der Waals surface area contributed by atoms with E-state index in [4.69, 9.17) is 16.3 Å². The summed E-state index contributed by atoms with van der Waals surface area (Å²) in [5.41, 5.74) is 1.33. The lowest BCUT2D eigenvalue weighted by molar-refractivity contribution is -0.0359. The molecule has 3 nitrogen and oxygen atoms in total. The molecule has 0 saturated carbocycles. The van der Waals surface area contributed by atoms with Gasteiger partial charge in [0.1, 0.15) is 0 Å². The van der Waals surface area contributed by atoms with E-state index < -0.39 is 0 Å². The molecule has 1 aromatic rings. The molecule has 106 valence electrons. The van der Waals surface area contributed by atoms with Gasteiger partial charge in [-0.15, -0.1) is 11.6 Å². The SMILES string of the molecule is CN1CCOC(CN(CCCl)Cc2ccccc2)C1. The summed E-state index contributed by atoms with van der Waals surface area (Å²) in [6.07, 6.45) is 0.297. The van der Waals surface area contributed by atoms with Gasteiger partial charge in [0.2, 0.25) is 0 Å². The molecule has 1 heterocycles. The quantitative estimate of drug-likeness (QED) is 0.743. The van der Waals surface area contributed by atoms with Crippen molar-refractivity contribution in [3.05, 3.63) is 35.9 Å². The van der Waals surface area contributed by atoms with E-state index in [1.165, 1.54) is 5.56 Å². The molecule has 0 bridgehead atoms. The highest BCUT2D eigenvalue weighted by Gasteiger charge is 2.20. The van der Waals surface area contributed by atoms with Crippen molar-refractivity contribution in [3.63, 3.8) is 0 Å². The van der Waals surface area contributed by atoms with Crippen molar-refractivity contribution in [1.82, 2.24) is 9.80 Å². The van der Waals surface area contributed by atoms with E-state index in [0.29, 0.717) is 12.0 Å². The number of ether oxygens (including phenoxy) is 1. The number of hydrogen-bond donors (Lipinski definition) is 0. The molecule has 1 atom stereocenters. The first-order valence-corrected chi connectivity index (χ1v) is 7.44. The van der Waals surface area contributed by atoms with Gasteiger partial charge in [0.15, 0.2) is 0 Å². The second-order valence-electron chi connectivity index (χ2n) is 5.16. The monoisotopic (exact) mass is 282 g/mol. The fourth-order valence-electron chi connectivity index (χ4n) is 2.46. The Morgan fingerprint density at radius 3 is 2.84 bits per heavy atom. The van der Waals surface area contributed by atoms with Gasteiger partial charge in [-0.1, -0.05) is 30.3 Å². The van der Waals surface area contributed by atoms with Crippen molar-refractivity contribution in [2.45, 2.75) is 12.6 Å². The van der Waals surface area contributed by atoms with Crippen LogP contribution < -0.4 is 0 Å². The largest absolute Gasteiger partial charge is 0.374 e. The zero-order valence-corrected chi connectivity index (χ0v) is 12.4. The van der Waals surface area contributed by atoms with Crippen LogP contribution in [0.2, 0.25) is 0 Å². The summed E-state index contributed by atoms with van der Waals surface area (Å²) >= 11 is 5.92. The first-order valence-electron chi connectivity index (χ1n) is 6.90. The highest BCUT2D eigenvalue weighted by Crippen LogP contribution is 2.09. The Bertz CT molecular complexity index is 360. The Kier molecular flexibility index (Phi) is 6.11. The number of morpholine rings is 1. The minimum absolute atomic E-state index is 0.297. The van der Waals surface area contributed by atoms with Crippen LogP contribution >= 0.6 is 11.6 Å². The van der Waals surface area contributed by atoms with Crippen molar-refractivity contribution in [1.29, 1.82) is 0 Å².